The van der Waals surface area contributed by atoms with Crippen molar-refractivity contribution in [1.82, 2.24) is 41.2 Å². The Morgan fingerprint density at radius 2 is 1.10 bits per heavy atom. The number of amides is 7. The molecule has 0 spiro atoms. The van der Waals surface area contributed by atoms with Gasteiger partial charge >= 0.3 is 0 Å². The standard InChI is InChI=1S/C47H73N9O17/c1-35(2)45(47(64)50-36(3)46(63)51-38-6-4-37(32-57)5-7-38)52-42(60)34-73-33-41(59)48-11-14-65-16-18-67-20-22-69-24-26-71-28-29-72-27-25-70-23-21-68-19-17-66-15-13-55-31-39(53-54-55)30-49-40(58)10-12-56-43(61)8-9-44(56)62/h4-9,31,35-36,45,57H,10-30,32-34H2,1-3H3,(H,48,59)(H,49,58)(H,50,64)(H,51,63)(H,52,60)/t36-,45-/m1/s1. The Labute approximate surface area is 424 Å². The summed E-state index contributed by atoms with van der Waals surface area (Å²) in [4.78, 5) is 86.3. The summed E-state index contributed by atoms with van der Waals surface area (Å²) >= 11 is 0. The zero-order chi connectivity index (χ0) is 52.9. The van der Waals surface area contributed by atoms with E-state index >= 15 is 0 Å². The number of nitrogens with one attached hydrogen (secondary N) is 5. The maximum Gasteiger partial charge on any atom is 0.253 e. The van der Waals surface area contributed by atoms with E-state index in [4.69, 9.17) is 42.6 Å². The Morgan fingerprint density at radius 3 is 1.62 bits per heavy atom. The molecule has 0 aliphatic carbocycles. The number of carbonyl (C=O) groups excluding carboxylic acids is 7. The number of ether oxygens (including phenoxy) is 9. The van der Waals surface area contributed by atoms with Crippen molar-refractivity contribution in [2.75, 3.05) is 137 Å². The van der Waals surface area contributed by atoms with Gasteiger partial charge in [-0.1, -0.05) is 31.2 Å². The molecule has 0 unspecified atom stereocenters. The zero-order valence-corrected chi connectivity index (χ0v) is 42.0. The van der Waals surface area contributed by atoms with Crippen LogP contribution in [0.1, 0.15) is 38.4 Å². The van der Waals surface area contributed by atoms with Gasteiger partial charge in [-0.05, 0) is 30.5 Å². The number of hydrogen-bond donors (Lipinski definition) is 6. The number of imide groups is 1. The summed E-state index contributed by atoms with van der Waals surface area (Å²) < 4.78 is 50.8. The van der Waals surface area contributed by atoms with Gasteiger partial charge in [-0.25, -0.2) is 4.68 Å². The number of benzene rings is 1. The summed E-state index contributed by atoms with van der Waals surface area (Å²) in [5.74, 6) is -3.51. The Bertz CT molecular complexity index is 1950. The Hall–Kier alpha value is -5.81. The van der Waals surface area contributed by atoms with Gasteiger partial charge in [0.15, 0.2) is 0 Å². The van der Waals surface area contributed by atoms with Crippen molar-refractivity contribution in [3.05, 3.63) is 53.9 Å². The van der Waals surface area contributed by atoms with Gasteiger partial charge in [-0.2, -0.15) is 0 Å². The molecule has 1 aromatic heterocycles. The topological polar surface area (TPSA) is 317 Å². The number of aliphatic hydroxyl groups is 1. The van der Waals surface area contributed by atoms with Crippen LogP contribution >= 0.6 is 0 Å². The van der Waals surface area contributed by atoms with E-state index in [1.54, 1.807) is 49.0 Å². The van der Waals surface area contributed by atoms with E-state index in [-0.39, 0.29) is 57.7 Å². The predicted molar refractivity (Wildman–Crippen MR) is 258 cm³/mol. The van der Waals surface area contributed by atoms with Gasteiger partial charge in [-0.3, -0.25) is 38.5 Å². The van der Waals surface area contributed by atoms with Gasteiger partial charge in [0.2, 0.25) is 29.5 Å². The van der Waals surface area contributed by atoms with Crippen molar-refractivity contribution in [3.8, 4) is 0 Å². The molecular formula is C47H73N9O17. The summed E-state index contributed by atoms with van der Waals surface area (Å²) in [6.07, 6.45) is 4.06. The van der Waals surface area contributed by atoms with Gasteiger partial charge in [0.25, 0.3) is 11.8 Å². The van der Waals surface area contributed by atoms with Crippen molar-refractivity contribution < 1.29 is 81.3 Å². The van der Waals surface area contributed by atoms with Gasteiger partial charge in [-0.15, -0.1) is 5.10 Å². The highest BCUT2D eigenvalue weighted by Gasteiger charge is 2.27. The molecular weight excluding hydrogens is 963 g/mol. The van der Waals surface area contributed by atoms with E-state index < -0.39 is 54.1 Å². The third kappa shape index (κ3) is 28.3. The fraction of sp³-hybridized carbons (Fsp3) is 0.638. The van der Waals surface area contributed by atoms with E-state index in [1.165, 1.54) is 19.1 Å². The molecule has 0 radical (unpaired) electrons. The van der Waals surface area contributed by atoms with Crippen molar-refractivity contribution in [3.63, 3.8) is 0 Å². The van der Waals surface area contributed by atoms with Crippen molar-refractivity contribution in [2.45, 2.75) is 59.0 Å². The minimum absolute atomic E-state index is 0.00127. The van der Waals surface area contributed by atoms with Crippen LogP contribution in [0.25, 0.3) is 0 Å². The summed E-state index contributed by atoms with van der Waals surface area (Å²) in [5.41, 5.74) is 1.76. The van der Waals surface area contributed by atoms with Crippen LogP contribution < -0.4 is 26.6 Å². The van der Waals surface area contributed by atoms with E-state index in [9.17, 15) is 38.7 Å². The number of nitrogens with zero attached hydrogens (tertiary/aromatic N) is 4. The SMILES string of the molecule is CC(C)[C@@H](NC(=O)COCC(=O)NCCOCCOCCOCCOCCOCCOCCOCCOCCn1cc(CNC(=O)CCN2C(=O)C=CC2=O)nn1)C(=O)N[C@H](C)C(=O)Nc1ccc(CO)cc1. The first kappa shape index (κ1) is 61.5. The lowest BCUT2D eigenvalue weighted by Gasteiger charge is -2.23. The average Bonchev–Trinajstić information content (AvgIpc) is 3.97. The predicted octanol–water partition coefficient (Wildman–Crippen LogP) is -1.75. The third-order valence-electron chi connectivity index (χ3n) is 10.0. The Morgan fingerprint density at radius 1 is 0.589 bits per heavy atom. The largest absolute Gasteiger partial charge is 0.392 e. The summed E-state index contributed by atoms with van der Waals surface area (Å²) in [6.45, 7) is 11.2. The number of anilines is 1. The highest BCUT2D eigenvalue weighted by atomic mass is 16.6. The molecule has 408 valence electrons. The smallest absolute Gasteiger partial charge is 0.253 e. The van der Waals surface area contributed by atoms with Gasteiger partial charge in [0.1, 0.15) is 31.0 Å². The van der Waals surface area contributed by atoms with Crippen LogP contribution in [0, 0.1) is 5.92 Å². The molecule has 6 N–H and O–H groups in total. The van der Waals surface area contributed by atoms with Gasteiger partial charge < -0.3 is 74.3 Å². The second-order valence-electron chi connectivity index (χ2n) is 16.3. The maximum absolute atomic E-state index is 12.9. The molecule has 0 saturated heterocycles. The second-order valence-corrected chi connectivity index (χ2v) is 16.3. The number of hydrogen-bond acceptors (Lipinski definition) is 19. The molecule has 1 aromatic carbocycles. The minimum Gasteiger partial charge on any atom is -0.392 e. The molecule has 7 amide bonds. The maximum atomic E-state index is 12.9. The monoisotopic (exact) mass is 1040 g/mol. The quantitative estimate of drug-likeness (QED) is 0.0317. The van der Waals surface area contributed by atoms with Crippen LogP contribution in [-0.4, -0.2) is 210 Å². The lowest BCUT2D eigenvalue weighted by molar-refractivity contribution is -0.137. The van der Waals surface area contributed by atoms with Crippen LogP contribution in [0.3, 0.4) is 0 Å². The van der Waals surface area contributed by atoms with Crippen LogP contribution in [0.5, 0.6) is 0 Å². The molecule has 0 saturated carbocycles. The van der Waals surface area contributed by atoms with Crippen LogP contribution in [-0.2, 0) is 95.9 Å². The number of aromatic nitrogens is 3. The van der Waals surface area contributed by atoms with E-state index in [0.717, 1.165) is 4.90 Å². The molecule has 26 heteroatoms. The van der Waals surface area contributed by atoms with Crippen LogP contribution in [0.2, 0.25) is 0 Å². The van der Waals surface area contributed by atoms with Crippen LogP contribution in [0.15, 0.2) is 42.6 Å². The third-order valence-corrected chi connectivity index (χ3v) is 10.0. The normalized spacial score (nSPS) is 13.1. The molecule has 1 aliphatic rings. The fourth-order valence-corrected chi connectivity index (χ4v) is 6.08. The van der Waals surface area contributed by atoms with Gasteiger partial charge in [0, 0.05) is 37.3 Å². The molecule has 0 bridgehead atoms. The number of aliphatic hydroxyl groups excluding tert-OH is 1. The highest BCUT2D eigenvalue weighted by molar-refractivity contribution is 6.13. The second kappa shape index (κ2) is 37.9. The lowest BCUT2D eigenvalue weighted by atomic mass is 10.0. The molecule has 2 atom stereocenters. The van der Waals surface area contributed by atoms with Gasteiger partial charge in [0.05, 0.1) is 132 Å². The minimum atomic E-state index is -0.946. The zero-order valence-electron chi connectivity index (χ0n) is 42.0. The number of carbonyl (C=O) groups is 7. The lowest BCUT2D eigenvalue weighted by Crippen LogP contribution is -2.54. The first-order chi connectivity index (χ1) is 35.4. The Balaban J connectivity index is 0.997. The van der Waals surface area contributed by atoms with E-state index in [2.05, 4.69) is 36.9 Å². The molecule has 0 fully saturated rings. The molecule has 2 heterocycles. The first-order valence-electron chi connectivity index (χ1n) is 24.1. The molecule has 26 nitrogen and oxygen atoms in total. The molecule has 1 aliphatic heterocycles. The van der Waals surface area contributed by atoms with Crippen molar-refractivity contribution in [2.24, 2.45) is 5.92 Å². The van der Waals surface area contributed by atoms with E-state index in [1.807, 2.05) is 0 Å². The van der Waals surface area contributed by atoms with E-state index in [0.29, 0.717) is 123 Å². The fourth-order valence-electron chi connectivity index (χ4n) is 6.08. The summed E-state index contributed by atoms with van der Waals surface area (Å²) in [5, 5.41) is 30.4. The first-order valence-corrected chi connectivity index (χ1v) is 24.1. The molecule has 2 aromatic rings. The molecule has 3 rings (SSSR count). The summed E-state index contributed by atoms with van der Waals surface area (Å²) in [6, 6.07) is 4.76. The average molecular weight is 1040 g/mol. The molecule has 73 heavy (non-hydrogen) atoms. The van der Waals surface area contributed by atoms with Crippen molar-refractivity contribution >= 4 is 47.0 Å². The van der Waals surface area contributed by atoms with Crippen LogP contribution in [0.4, 0.5) is 5.69 Å². The van der Waals surface area contributed by atoms with Crippen molar-refractivity contribution in [1.29, 1.82) is 0 Å². The summed E-state index contributed by atoms with van der Waals surface area (Å²) in [7, 11) is 0. The number of rotatable bonds is 43. The Kier molecular flexibility index (Phi) is 31.9. The highest BCUT2D eigenvalue weighted by Crippen LogP contribution is 2.11.